The molecule has 2 N–H and O–H groups in total. The molecule has 118 valence electrons. The molecule has 1 aliphatic heterocycles. The van der Waals surface area contributed by atoms with E-state index in [0.29, 0.717) is 6.54 Å². The molecular weight excluding hydrogens is 306 g/mol. The molecule has 0 atom stereocenters. The van der Waals surface area contributed by atoms with Crippen molar-refractivity contribution in [3.8, 4) is 0 Å². The van der Waals surface area contributed by atoms with Crippen LogP contribution in [0, 0.1) is 6.92 Å². The number of benzene rings is 1. The Morgan fingerprint density at radius 3 is 2.67 bits per heavy atom. The van der Waals surface area contributed by atoms with Crippen molar-refractivity contribution in [3.05, 3.63) is 29.3 Å². The molecule has 1 fully saturated rings. The Bertz CT molecular complexity index is 464. The first kappa shape index (κ1) is 18.3. The average Bonchev–Trinajstić information content (AvgIpc) is 2.43. The Labute approximate surface area is 137 Å². The van der Waals surface area contributed by atoms with Gasteiger partial charge in [-0.15, -0.1) is 12.4 Å². The minimum Gasteiger partial charge on any atom is -0.325 e. The molecule has 0 spiro atoms. The van der Waals surface area contributed by atoms with Gasteiger partial charge in [-0.3, -0.25) is 9.69 Å². The fourth-order valence-corrected chi connectivity index (χ4v) is 3.32. The van der Waals surface area contributed by atoms with Gasteiger partial charge in [0.05, 0.1) is 6.54 Å². The molecule has 4 nitrogen and oxygen atoms in total. The average molecular weight is 330 g/mol. The predicted octanol–water partition coefficient (Wildman–Crippen LogP) is 2.12. The standard InChI is InChI=1S/C15H23N3OS.ClH/c1-12-9-13(11-18-5-7-20-8-6-18)3-4-14(12)17-15(19)10-16-2;/h3-4,9,16H,5-8,10-11H2,1-2H3,(H,17,19);1H. The Morgan fingerprint density at radius 2 is 2.05 bits per heavy atom. The van der Waals surface area contributed by atoms with Crippen LogP contribution in [0.2, 0.25) is 0 Å². The van der Waals surface area contributed by atoms with Gasteiger partial charge in [0.1, 0.15) is 0 Å². The van der Waals surface area contributed by atoms with Crippen LogP contribution in [0.4, 0.5) is 5.69 Å². The van der Waals surface area contributed by atoms with Crippen molar-refractivity contribution in [1.29, 1.82) is 0 Å². The van der Waals surface area contributed by atoms with E-state index in [1.807, 2.05) is 24.8 Å². The molecule has 0 saturated carbocycles. The molecule has 2 rings (SSSR count). The number of nitrogens with one attached hydrogen (secondary N) is 2. The smallest absolute Gasteiger partial charge is 0.238 e. The number of hydrogen-bond acceptors (Lipinski definition) is 4. The van der Waals surface area contributed by atoms with Crippen LogP contribution in [0.5, 0.6) is 0 Å². The van der Waals surface area contributed by atoms with Crippen molar-refractivity contribution in [2.24, 2.45) is 0 Å². The maximum absolute atomic E-state index is 11.6. The quantitative estimate of drug-likeness (QED) is 0.868. The zero-order chi connectivity index (χ0) is 14.4. The molecule has 6 heteroatoms. The Hall–Kier alpha value is -0.750. The summed E-state index contributed by atoms with van der Waals surface area (Å²) < 4.78 is 0. The van der Waals surface area contributed by atoms with E-state index >= 15 is 0 Å². The van der Waals surface area contributed by atoms with Crippen molar-refractivity contribution < 1.29 is 4.79 Å². The lowest BCUT2D eigenvalue weighted by Crippen LogP contribution is -2.32. The second-order valence-corrected chi connectivity index (χ2v) is 6.34. The minimum atomic E-state index is -0.00333. The highest BCUT2D eigenvalue weighted by Gasteiger charge is 2.11. The summed E-state index contributed by atoms with van der Waals surface area (Å²) in [6.07, 6.45) is 0. The van der Waals surface area contributed by atoms with Gasteiger partial charge in [-0.25, -0.2) is 0 Å². The highest BCUT2D eigenvalue weighted by atomic mass is 35.5. The summed E-state index contributed by atoms with van der Waals surface area (Å²) in [6.45, 7) is 5.73. The van der Waals surface area contributed by atoms with Crippen LogP contribution in [0.15, 0.2) is 18.2 Å². The number of carbonyl (C=O) groups excluding carboxylic acids is 1. The van der Waals surface area contributed by atoms with Gasteiger partial charge in [0.15, 0.2) is 0 Å². The number of anilines is 1. The molecular formula is C15H24ClN3OS. The van der Waals surface area contributed by atoms with Crippen LogP contribution in [0.3, 0.4) is 0 Å². The van der Waals surface area contributed by atoms with Gasteiger partial charge >= 0.3 is 0 Å². The van der Waals surface area contributed by atoms with Crippen LogP contribution in [-0.2, 0) is 11.3 Å². The Morgan fingerprint density at radius 1 is 1.33 bits per heavy atom. The predicted molar refractivity (Wildman–Crippen MR) is 93.6 cm³/mol. The van der Waals surface area contributed by atoms with Crippen molar-refractivity contribution in [1.82, 2.24) is 10.2 Å². The largest absolute Gasteiger partial charge is 0.325 e. The zero-order valence-corrected chi connectivity index (χ0v) is 14.3. The lowest BCUT2D eigenvalue weighted by atomic mass is 10.1. The summed E-state index contributed by atoms with van der Waals surface area (Å²) in [6, 6.07) is 6.30. The van der Waals surface area contributed by atoms with E-state index in [0.717, 1.165) is 17.8 Å². The highest BCUT2D eigenvalue weighted by molar-refractivity contribution is 7.99. The fraction of sp³-hybridized carbons (Fsp3) is 0.533. The van der Waals surface area contributed by atoms with E-state index in [-0.39, 0.29) is 18.3 Å². The summed E-state index contributed by atoms with van der Waals surface area (Å²) >= 11 is 2.03. The van der Waals surface area contributed by atoms with E-state index < -0.39 is 0 Å². The molecule has 1 aromatic rings. The van der Waals surface area contributed by atoms with Gasteiger partial charge in [0.25, 0.3) is 0 Å². The van der Waals surface area contributed by atoms with Crippen LogP contribution in [0.25, 0.3) is 0 Å². The lowest BCUT2D eigenvalue weighted by Gasteiger charge is -2.26. The first-order chi connectivity index (χ1) is 9.69. The van der Waals surface area contributed by atoms with E-state index in [2.05, 4.69) is 27.7 Å². The van der Waals surface area contributed by atoms with Crippen LogP contribution >= 0.6 is 24.2 Å². The first-order valence-electron chi connectivity index (χ1n) is 7.03. The number of likely N-dealkylation sites (N-methyl/N-ethyl adjacent to an activating group) is 1. The first-order valence-corrected chi connectivity index (χ1v) is 8.18. The fourth-order valence-electron chi connectivity index (χ4n) is 2.34. The van der Waals surface area contributed by atoms with Crippen molar-refractivity contribution >= 4 is 35.8 Å². The normalized spacial score (nSPS) is 15.3. The van der Waals surface area contributed by atoms with Gasteiger partial charge in [0.2, 0.25) is 5.91 Å². The van der Waals surface area contributed by atoms with Crippen LogP contribution < -0.4 is 10.6 Å². The second kappa shape index (κ2) is 9.30. The third-order valence-electron chi connectivity index (χ3n) is 3.41. The van der Waals surface area contributed by atoms with E-state index in [1.54, 1.807) is 7.05 Å². The number of halogens is 1. The van der Waals surface area contributed by atoms with Gasteiger partial charge in [0, 0.05) is 36.8 Å². The minimum absolute atomic E-state index is 0. The number of thioether (sulfide) groups is 1. The molecule has 1 heterocycles. The Kier molecular flexibility index (Phi) is 8.11. The molecule has 1 aliphatic rings. The van der Waals surface area contributed by atoms with Gasteiger partial charge in [-0.2, -0.15) is 11.8 Å². The molecule has 1 amide bonds. The SMILES string of the molecule is CNCC(=O)Nc1ccc(CN2CCSCC2)cc1C.Cl. The van der Waals surface area contributed by atoms with Gasteiger partial charge in [-0.05, 0) is 31.2 Å². The number of nitrogens with zero attached hydrogens (tertiary/aromatic N) is 1. The highest BCUT2D eigenvalue weighted by Crippen LogP contribution is 2.19. The summed E-state index contributed by atoms with van der Waals surface area (Å²) in [5.74, 6) is 2.46. The van der Waals surface area contributed by atoms with Crippen LogP contribution in [0.1, 0.15) is 11.1 Å². The molecule has 0 radical (unpaired) electrons. The summed E-state index contributed by atoms with van der Waals surface area (Å²) in [7, 11) is 1.77. The number of hydrogen-bond donors (Lipinski definition) is 2. The molecule has 0 aliphatic carbocycles. The summed E-state index contributed by atoms with van der Waals surface area (Å²) in [5.41, 5.74) is 3.35. The second-order valence-electron chi connectivity index (χ2n) is 5.12. The van der Waals surface area contributed by atoms with Crippen molar-refractivity contribution in [2.75, 3.05) is 43.5 Å². The molecule has 21 heavy (non-hydrogen) atoms. The van der Waals surface area contributed by atoms with Gasteiger partial charge < -0.3 is 10.6 Å². The molecule has 0 bridgehead atoms. The number of amides is 1. The third-order valence-corrected chi connectivity index (χ3v) is 4.35. The lowest BCUT2D eigenvalue weighted by molar-refractivity contribution is -0.115. The molecule has 1 saturated heterocycles. The van der Waals surface area contributed by atoms with E-state index in [9.17, 15) is 4.79 Å². The van der Waals surface area contributed by atoms with Crippen molar-refractivity contribution in [3.63, 3.8) is 0 Å². The van der Waals surface area contributed by atoms with E-state index in [4.69, 9.17) is 0 Å². The zero-order valence-electron chi connectivity index (χ0n) is 12.6. The van der Waals surface area contributed by atoms with E-state index in [1.165, 1.54) is 30.2 Å². The Balaban J connectivity index is 0.00000220. The molecule has 0 aromatic heterocycles. The number of carbonyl (C=O) groups is 1. The maximum atomic E-state index is 11.6. The molecule has 1 aromatic carbocycles. The van der Waals surface area contributed by atoms with Crippen LogP contribution in [-0.4, -0.2) is 49.0 Å². The topological polar surface area (TPSA) is 44.4 Å². The molecule has 0 unspecified atom stereocenters. The third kappa shape index (κ3) is 5.87. The summed E-state index contributed by atoms with van der Waals surface area (Å²) in [4.78, 5) is 14.1. The van der Waals surface area contributed by atoms with Gasteiger partial charge in [-0.1, -0.05) is 12.1 Å². The summed E-state index contributed by atoms with van der Waals surface area (Å²) in [5, 5.41) is 5.78. The monoisotopic (exact) mass is 329 g/mol. The number of rotatable bonds is 5. The number of aryl methyl sites for hydroxylation is 1. The van der Waals surface area contributed by atoms with Crippen molar-refractivity contribution in [2.45, 2.75) is 13.5 Å². The maximum Gasteiger partial charge on any atom is 0.238 e.